The maximum Gasteiger partial charge on any atom is 0.332 e. The lowest BCUT2D eigenvalue weighted by atomic mass is 9.94. The van der Waals surface area contributed by atoms with E-state index in [9.17, 15) is 30.0 Å². The summed E-state index contributed by atoms with van der Waals surface area (Å²) in [6.45, 7) is -0.501. The number of carboxylic acid groups (broad SMARTS) is 1. The van der Waals surface area contributed by atoms with Gasteiger partial charge in [0.1, 0.15) is 6.29 Å². The third-order valence-electron chi connectivity index (χ3n) is 4.42. The number of aromatic hydroxyl groups is 1. The van der Waals surface area contributed by atoms with E-state index < -0.39 is 5.97 Å². The molecular weight excluding hydrogens is 364 g/mol. The van der Waals surface area contributed by atoms with Crippen molar-refractivity contribution in [3.8, 4) is 11.5 Å². The van der Waals surface area contributed by atoms with Crippen molar-refractivity contribution in [3.63, 3.8) is 0 Å². The number of aldehydes is 1. The molecule has 0 aliphatic rings. The number of methoxy groups -OCH3 is 1. The number of carbonyl (C=O) groups is 2. The molecule has 0 aliphatic heterocycles. The predicted octanol–water partition coefficient (Wildman–Crippen LogP) is 1.75. The fourth-order valence-electron chi connectivity index (χ4n) is 2.89. The highest BCUT2D eigenvalue weighted by Crippen LogP contribution is 2.28. The summed E-state index contributed by atoms with van der Waals surface area (Å²) in [7, 11) is 1.39. The fraction of sp³-hybridized carbons (Fsp3) is 0.238. The minimum Gasteiger partial charge on any atom is -0.504 e. The van der Waals surface area contributed by atoms with Crippen molar-refractivity contribution in [2.45, 2.75) is 26.1 Å². The molecule has 2 aromatic carbocycles. The van der Waals surface area contributed by atoms with Crippen LogP contribution in [0.1, 0.15) is 22.3 Å². The molecule has 0 unspecified atom stereocenters. The van der Waals surface area contributed by atoms with Crippen molar-refractivity contribution in [2.24, 2.45) is 0 Å². The smallest absolute Gasteiger partial charge is 0.332 e. The van der Waals surface area contributed by atoms with E-state index in [4.69, 9.17) is 4.74 Å². The largest absolute Gasteiger partial charge is 0.504 e. The van der Waals surface area contributed by atoms with E-state index in [0.29, 0.717) is 28.5 Å². The van der Waals surface area contributed by atoms with Crippen LogP contribution in [-0.4, -0.2) is 39.8 Å². The van der Waals surface area contributed by atoms with Crippen molar-refractivity contribution < 1.29 is 34.8 Å². The van der Waals surface area contributed by atoms with Crippen molar-refractivity contribution in [3.05, 3.63) is 69.8 Å². The van der Waals surface area contributed by atoms with Crippen molar-refractivity contribution >= 4 is 12.3 Å². The minimum absolute atomic E-state index is 0.0262. The molecule has 2 aromatic rings. The number of hydrogen-bond acceptors (Lipinski definition) is 6. The number of aliphatic hydroxyl groups excluding tert-OH is 2. The van der Waals surface area contributed by atoms with Crippen LogP contribution in [0.3, 0.4) is 0 Å². The van der Waals surface area contributed by atoms with Gasteiger partial charge in [-0.15, -0.1) is 0 Å². The molecule has 0 bridgehead atoms. The van der Waals surface area contributed by atoms with Gasteiger partial charge < -0.3 is 25.2 Å². The summed E-state index contributed by atoms with van der Waals surface area (Å²) in [6.07, 6.45) is 0.556. The van der Waals surface area contributed by atoms with Crippen LogP contribution in [0.15, 0.2) is 47.5 Å². The first-order valence-electron chi connectivity index (χ1n) is 8.52. The van der Waals surface area contributed by atoms with E-state index in [1.165, 1.54) is 19.2 Å². The Bertz CT molecular complexity index is 900. The van der Waals surface area contributed by atoms with E-state index in [-0.39, 0.29) is 48.7 Å². The van der Waals surface area contributed by atoms with Gasteiger partial charge in [-0.1, -0.05) is 24.3 Å². The lowest BCUT2D eigenvalue weighted by Crippen LogP contribution is -2.11. The van der Waals surface area contributed by atoms with E-state index in [1.54, 1.807) is 24.3 Å². The van der Waals surface area contributed by atoms with Crippen molar-refractivity contribution in [1.82, 2.24) is 0 Å². The Labute approximate surface area is 162 Å². The lowest BCUT2D eigenvalue weighted by molar-refractivity contribution is -0.133. The van der Waals surface area contributed by atoms with Crippen LogP contribution in [0.5, 0.6) is 11.5 Å². The Morgan fingerprint density at radius 2 is 1.64 bits per heavy atom. The van der Waals surface area contributed by atoms with Gasteiger partial charge in [-0.2, -0.15) is 0 Å². The van der Waals surface area contributed by atoms with Crippen LogP contribution in [0, 0.1) is 0 Å². The summed E-state index contributed by atoms with van der Waals surface area (Å²) >= 11 is 0. The summed E-state index contributed by atoms with van der Waals surface area (Å²) in [5, 5.41) is 38.0. The summed E-state index contributed by atoms with van der Waals surface area (Å²) in [5.41, 5.74) is 2.33. The van der Waals surface area contributed by atoms with Gasteiger partial charge in [0.05, 0.1) is 20.3 Å². The number of phenolic OH excluding ortho intramolecular Hbond substituents is 1. The predicted molar refractivity (Wildman–Crippen MR) is 101 cm³/mol. The fourth-order valence-corrected chi connectivity index (χ4v) is 2.89. The van der Waals surface area contributed by atoms with Crippen LogP contribution in [-0.2, 0) is 35.6 Å². The zero-order chi connectivity index (χ0) is 20.7. The number of hydrogen-bond donors (Lipinski definition) is 4. The molecule has 28 heavy (non-hydrogen) atoms. The molecular formula is C21H22O7. The molecule has 2 rings (SSSR count). The second-order valence-corrected chi connectivity index (χ2v) is 6.21. The van der Waals surface area contributed by atoms with Crippen LogP contribution in [0.25, 0.3) is 0 Å². The zero-order valence-corrected chi connectivity index (χ0v) is 15.4. The molecule has 0 saturated carbocycles. The number of aliphatic carboxylic acids is 1. The SMILES string of the molecule is COc1cc(C/C(C(=O)O)=C(/C=O)Cc2ccc(CO)c(CO)c2)ccc1O. The topological polar surface area (TPSA) is 124 Å². The molecule has 7 nitrogen and oxygen atoms in total. The van der Waals surface area contributed by atoms with Gasteiger partial charge in [-0.05, 0) is 34.4 Å². The minimum atomic E-state index is -1.22. The van der Waals surface area contributed by atoms with Crippen molar-refractivity contribution in [1.29, 1.82) is 0 Å². The van der Waals surface area contributed by atoms with Gasteiger partial charge in [0.25, 0.3) is 0 Å². The molecule has 148 valence electrons. The molecule has 0 radical (unpaired) electrons. The second kappa shape index (κ2) is 9.68. The molecule has 0 aromatic heterocycles. The summed E-state index contributed by atoms with van der Waals surface area (Å²) in [4.78, 5) is 23.4. The maximum absolute atomic E-state index is 11.8. The van der Waals surface area contributed by atoms with Gasteiger partial charge in [0, 0.05) is 24.0 Å². The Kier molecular flexibility index (Phi) is 7.31. The second-order valence-electron chi connectivity index (χ2n) is 6.21. The lowest BCUT2D eigenvalue weighted by Gasteiger charge is -2.12. The average Bonchev–Trinajstić information content (AvgIpc) is 2.71. The number of aliphatic hydroxyl groups is 2. The first kappa shape index (κ1) is 21.1. The van der Waals surface area contributed by atoms with E-state index in [1.807, 2.05) is 0 Å². The highest BCUT2D eigenvalue weighted by atomic mass is 16.5. The van der Waals surface area contributed by atoms with Crippen molar-refractivity contribution in [2.75, 3.05) is 7.11 Å². The Morgan fingerprint density at radius 3 is 2.21 bits per heavy atom. The normalized spacial score (nSPS) is 11.7. The Balaban J connectivity index is 2.39. The van der Waals surface area contributed by atoms with E-state index in [0.717, 1.165) is 0 Å². The maximum atomic E-state index is 11.8. The van der Waals surface area contributed by atoms with Crippen LogP contribution < -0.4 is 4.74 Å². The number of phenols is 1. The number of ether oxygens (including phenoxy) is 1. The number of rotatable bonds is 9. The van der Waals surface area contributed by atoms with Gasteiger partial charge in [-0.25, -0.2) is 4.79 Å². The highest BCUT2D eigenvalue weighted by molar-refractivity contribution is 5.95. The summed E-state index contributed by atoms with van der Waals surface area (Å²) < 4.78 is 5.03. The highest BCUT2D eigenvalue weighted by Gasteiger charge is 2.17. The van der Waals surface area contributed by atoms with Gasteiger partial charge >= 0.3 is 5.97 Å². The van der Waals surface area contributed by atoms with Gasteiger partial charge in [0.15, 0.2) is 11.5 Å². The number of benzene rings is 2. The molecule has 7 heteroatoms. The summed E-state index contributed by atoms with van der Waals surface area (Å²) in [5.74, 6) is -1.08. The first-order chi connectivity index (χ1) is 13.4. The molecule has 0 saturated heterocycles. The molecule has 0 atom stereocenters. The van der Waals surface area contributed by atoms with Gasteiger partial charge in [0.2, 0.25) is 0 Å². The van der Waals surface area contributed by atoms with Crippen LogP contribution in [0.4, 0.5) is 0 Å². The standard InChI is InChI=1S/C21H22O7/c1-28-20-9-14(3-5-19(20)25)8-18(21(26)27)17(12-24)7-13-2-4-15(10-22)16(6-13)11-23/h2-6,9,12,22-23,25H,7-8,10-11H2,1H3,(H,26,27)/b18-17-. The molecule has 0 aliphatic carbocycles. The Morgan fingerprint density at radius 1 is 1.00 bits per heavy atom. The molecule has 0 amide bonds. The zero-order valence-electron chi connectivity index (χ0n) is 15.4. The number of carbonyl (C=O) groups excluding carboxylic acids is 1. The quantitative estimate of drug-likeness (QED) is 0.382. The van der Waals surface area contributed by atoms with E-state index in [2.05, 4.69) is 0 Å². The molecule has 0 heterocycles. The first-order valence-corrected chi connectivity index (χ1v) is 8.52. The monoisotopic (exact) mass is 386 g/mol. The van der Waals surface area contributed by atoms with Crippen LogP contribution in [0.2, 0.25) is 0 Å². The third-order valence-corrected chi connectivity index (χ3v) is 4.42. The van der Waals surface area contributed by atoms with E-state index >= 15 is 0 Å². The third kappa shape index (κ3) is 4.97. The molecule has 0 spiro atoms. The summed E-state index contributed by atoms with van der Waals surface area (Å²) in [6, 6.07) is 9.42. The molecule has 4 N–H and O–H groups in total. The number of carboxylic acids is 1. The number of allylic oxidation sites excluding steroid dienone is 1. The van der Waals surface area contributed by atoms with Gasteiger partial charge in [-0.3, -0.25) is 4.79 Å². The average molecular weight is 386 g/mol. The van der Waals surface area contributed by atoms with Crippen LogP contribution >= 0.6 is 0 Å². The molecule has 0 fully saturated rings. The Hall–Kier alpha value is -3.16.